The highest BCUT2D eigenvalue weighted by Gasteiger charge is 2.40. The van der Waals surface area contributed by atoms with E-state index in [1.807, 2.05) is 0 Å². The summed E-state index contributed by atoms with van der Waals surface area (Å²) < 4.78 is 40.1. The first-order valence-corrected chi connectivity index (χ1v) is 4.91. The molecule has 1 fully saturated rings. The molecule has 0 spiro atoms. The number of alkyl halides is 1. The average molecular weight is 215 g/mol. The van der Waals surface area contributed by atoms with Crippen molar-refractivity contribution in [3.63, 3.8) is 0 Å². The molecular formula is C11H12F3N. The van der Waals surface area contributed by atoms with Gasteiger partial charge in [0.1, 0.15) is 17.3 Å². The molecule has 2 unspecified atom stereocenters. The summed E-state index contributed by atoms with van der Waals surface area (Å²) in [6.07, 6.45) is 0.918. The second-order valence-corrected chi connectivity index (χ2v) is 4.13. The molecule has 2 atom stereocenters. The maximum atomic E-state index is 14.2. The fourth-order valence-electron chi connectivity index (χ4n) is 2.11. The quantitative estimate of drug-likeness (QED) is 0.765. The molecule has 1 aliphatic rings. The van der Waals surface area contributed by atoms with E-state index < -0.39 is 17.3 Å². The molecule has 0 saturated heterocycles. The molecule has 0 amide bonds. The van der Waals surface area contributed by atoms with Gasteiger partial charge in [0.2, 0.25) is 0 Å². The zero-order chi connectivity index (χ0) is 11.1. The van der Waals surface area contributed by atoms with Crippen LogP contribution >= 0.6 is 0 Å². The van der Waals surface area contributed by atoms with Gasteiger partial charge in [-0.05, 0) is 30.5 Å². The molecule has 1 nitrogen and oxygen atoms in total. The van der Waals surface area contributed by atoms with Crippen molar-refractivity contribution in [1.29, 1.82) is 0 Å². The maximum Gasteiger partial charge on any atom is 0.137 e. The Morgan fingerprint density at radius 2 is 1.80 bits per heavy atom. The van der Waals surface area contributed by atoms with E-state index in [-0.39, 0.29) is 24.4 Å². The van der Waals surface area contributed by atoms with Crippen LogP contribution in [-0.2, 0) is 5.67 Å². The van der Waals surface area contributed by atoms with Crippen molar-refractivity contribution in [2.24, 2.45) is 5.73 Å². The van der Waals surface area contributed by atoms with Crippen molar-refractivity contribution in [3.8, 4) is 0 Å². The molecule has 0 bridgehead atoms. The third-order valence-corrected chi connectivity index (χ3v) is 2.88. The summed E-state index contributed by atoms with van der Waals surface area (Å²) in [5.41, 5.74) is 3.99. The lowest BCUT2D eigenvalue weighted by Gasteiger charge is -2.19. The van der Waals surface area contributed by atoms with Crippen molar-refractivity contribution in [3.05, 3.63) is 35.4 Å². The average Bonchev–Trinajstić information content (AvgIpc) is 2.46. The second kappa shape index (κ2) is 3.52. The fourth-order valence-corrected chi connectivity index (χ4v) is 2.11. The van der Waals surface area contributed by atoms with E-state index in [4.69, 9.17) is 5.73 Å². The van der Waals surface area contributed by atoms with Crippen LogP contribution in [0.1, 0.15) is 24.8 Å². The van der Waals surface area contributed by atoms with Gasteiger partial charge in [-0.2, -0.15) is 0 Å². The lowest BCUT2D eigenvalue weighted by Crippen LogP contribution is -2.21. The molecule has 1 saturated carbocycles. The summed E-state index contributed by atoms with van der Waals surface area (Å²) in [7, 11) is 0. The number of hydrogen-bond donors (Lipinski definition) is 1. The predicted octanol–water partition coefficient (Wildman–Crippen LogP) is 2.64. The van der Waals surface area contributed by atoms with Crippen molar-refractivity contribution >= 4 is 0 Å². The Hall–Kier alpha value is -1.03. The van der Waals surface area contributed by atoms with E-state index in [9.17, 15) is 13.2 Å². The van der Waals surface area contributed by atoms with Gasteiger partial charge in [0.05, 0.1) is 0 Å². The van der Waals surface area contributed by atoms with Crippen molar-refractivity contribution in [2.45, 2.75) is 31.0 Å². The zero-order valence-electron chi connectivity index (χ0n) is 8.14. The minimum absolute atomic E-state index is 0.0629. The van der Waals surface area contributed by atoms with Crippen LogP contribution in [0.5, 0.6) is 0 Å². The van der Waals surface area contributed by atoms with Gasteiger partial charge in [0, 0.05) is 18.5 Å². The lowest BCUT2D eigenvalue weighted by atomic mass is 9.94. The van der Waals surface area contributed by atoms with Crippen molar-refractivity contribution in [1.82, 2.24) is 0 Å². The Kier molecular flexibility index (Phi) is 2.46. The number of nitrogens with two attached hydrogens (primary N) is 1. The molecule has 4 heteroatoms. The Morgan fingerprint density at radius 3 is 2.27 bits per heavy atom. The van der Waals surface area contributed by atoms with Crippen LogP contribution in [0.25, 0.3) is 0 Å². The molecule has 0 radical (unpaired) electrons. The Balaban J connectivity index is 2.36. The van der Waals surface area contributed by atoms with E-state index in [1.165, 1.54) is 0 Å². The molecule has 1 aromatic rings. The summed E-state index contributed by atoms with van der Waals surface area (Å²) in [6.45, 7) is 0. The van der Waals surface area contributed by atoms with Gasteiger partial charge in [-0.25, -0.2) is 13.2 Å². The first kappa shape index (κ1) is 10.5. The van der Waals surface area contributed by atoms with Crippen LogP contribution in [0.15, 0.2) is 18.2 Å². The van der Waals surface area contributed by atoms with Gasteiger partial charge in [0.15, 0.2) is 0 Å². The van der Waals surface area contributed by atoms with Crippen LogP contribution in [0.3, 0.4) is 0 Å². The van der Waals surface area contributed by atoms with Gasteiger partial charge in [-0.1, -0.05) is 0 Å². The third kappa shape index (κ3) is 2.00. The molecule has 0 heterocycles. The zero-order valence-corrected chi connectivity index (χ0v) is 8.14. The number of benzene rings is 1. The van der Waals surface area contributed by atoms with Gasteiger partial charge in [0.25, 0.3) is 0 Å². The fraction of sp³-hybridized carbons (Fsp3) is 0.455. The maximum absolute atomic E-state index is 14.2. The minimum Gasteiger partial charge on any atom is -0.328 e. The smallest absolute Gasteiger partial charge is 0.137 e. The van der Waals surface area contributed by atoms with E-state index in [0.717, 1.165) is 18.2 Å². The first-order chi connectivity index (χ1) is 6.99. The number of rotatable bonds is 1. The summed E-state index contributed by atoms with van der Waals surface area (Å²) in [5, 5.41) is 0. The predicted molar refractivity (Wildman–Crippen MR) is 51.0 cm³/mol. The summed E-state index contributed by atoms with van der Waals surface area (Å²) in [5.74, 6) is -1.50. The largest absolute Gasteiger partial charge is 0.328 e. The molecule has 0 aliphatic heterocycles. The van der Waals surface area contributed by atoms with E-state index in [1.54, 1.807) is 0 Å². The third-order valence-electron chi connectivity index (χ3n) is 2.88. The molecule has 2 N–H and O–H groups in total. The topological polar surface area (TPSA) is 26.0 Å². The normalized spacial score (nSPS) is 30.8. The Labute approximate surface area is 86.1 Å². The molecular weight excluding hydrogens is 203 g/mol. The van der Waals surface area contributed by atoms with E-state index in [2.05, 4.69) is 0 Å². The van der Waals surface area contributed by atoms with Crippen molar-refractivity contribution < 1.29 is 13.2 Å². The molecule has 0 aromatic heterocycles. The lowest BCUT2D eigenvalue weighted by molar-refractivity contribution is 0.171. The monoisotopic (exact) mass is 215 g/mol. The van der Waals surface area contributed by atoms with Gasteiger partial charge in [-0.15, -0.1) is 0 Å². The highest BCUT2D eigenvalue weighted by atomic mass is 19.1. The minimum atomic E-state index is -1.66. The number of hydrogen-bond acceptors (Lipinski definition) is 1. The highest BCUT2D eigenvalue weighted by Crippen LogP contribution is 2.42. The first-order valence-electron chi connectivity index (χ1n) is 4.91. The summed E-state index contributed by atoms with van der Waals surface area (Å²) in [4.78, 5) is 0. The Bertz CT molecular complexity index is 360. The van der Waals surface area contributed by atoms with Crippen molar-refractivity contribution in [2.75, 3.05) is 0 Å². The summed E-state index contributed by atoms with van der Waals surface area (Å²) in [6, 6.07) is 2.60. The van der Waals surface area contributed by atoms with Crippen LogP contribution < -0.4 is 5.73 Å². The molecule has 1 aromatic carbocycles. The van der Waals surface area contributed by atoms with Crippen LogP contribution in [0.4, 0.5) is 13.2 Å². The second-order valence-electron chi connectivity index (χ2n) is 4.13. The molecule has 2 rings (SSSR count). The van der Waals surface area contributed by atoms with Crippen LogP contribution in [-0.4, -0.2) is 6.04 Å². The molecule has 15 heavy (non-hydrogen) atoms. The highest BCUT2D eigenvalue weighted by molar-refractivity contribution is 5.26. The van der Waals surface area contributed by atoms with Crippen LogP contribution in [0, 0.1) is 11.6 Å². The van der Waals surface area contributed by atoms with E-state index >= 15 is 0 Å². The standard InChI is InChI=1S/C11H12F3N/c12-8-3-7(4-9(13)5-8)11(14)2-1-10(15)6-11/h3-5,10H,1-2,6,15H2. The van der Waals surface area contributed by atoms with Crippen LogP contribution in [0.2, 0.25) is 0 Å². The number of halogens is 3. The van der Waals surface area contributed by atoms with E-state index in [0.29, 0.717) is 6.42 Å². The van der Waals surface area contributed by atoms with Gasteiger partial charge >= 0.3 is 0 Å². The molecule has 82 valence electrons. The van der Waals surface area contributed by atoms with Gasteiger partial charge in [-0.3, -0.25) is 0 Å². The SMILES string of the molecule is NC1CCC(F)(c2cc(F)cc(F)c2)C1. The Morgan fingerprint density at radius 1 is 1.20 bits per heavy atom. The van der Waals surface area contributed by atoms with Gasteiger partial charge < -0.3 is 5.73 Å². The molecule has 1 aliphatic carbocycles. The summed E-state index contributed by atoms with van der Waals surface area (Å²) >= 11 is 0.